The fourth-order valence-corrected chi connectivity index (χ4v) is 1.77. The van der Waals surface area contributed by atoms with E-state index in [1.807, 2.05) is 0 Å². The normalized spacial score (nSPS) is 11.6. The van der Waals surface area contributed by atoms with E-state index in [1.165, 1.54) is 18.3 Å². The maximum Gasteiger partial charge on any atom is 0.416 e. The molecule has 0 radical (unpaired) electrons. The van der Waals surface area contributed by atoms with Crippen LogP contribution < -0.4 is 0 Å². The summed E-state index contributed by atoms with van der Waals surface area (Å²) >= 11 is 5.77. The van der Waals surface area contributed by atoms with Gasteiger partial charge in [0.15, 0.2) is 5.82 Å². The predicted octanol–water partition coefficient (Wildman–Crippen LogP) is 4.56. The van der Waals surface area contributed by atoms with Crippen molar-refractivity contribution in [1.82, 2.24) is 4.98 Å². The summed E-state index contributed by atoms with van der Waals surface area (Å²) in [6, 6.07) is 4.11. The minimum atomic E-state index is -4.42. The van der Waals surface area contributed by atoms with Crippen molar-refractivity contribution in [2.45, 2.75) is 6.18 Å². The zero-order chi connectivity index (χ0) is 13.3. The van der Waals surface area contributed by atoms with Gasteiger partial charge in [-0.15, -0.1) is 0 Å². The topological polar surface area (TPSA) is 12.9 Å². The Morgan fingerprint density at radius 3 is 2.11 bits per heavy atom. The summed E-state index contributed by atoms with van der Waals surface area (Å²) in [4.78, 5) is 3.54. The quantitative estimate of drug-likeness (QED) is 0.695. The maximum atomic E-state index is 13.5. The Bertz CT molecular complexity index is 543. The summed E-state index contributed by atoms with van der Waals surface area (Å²) < 4.78 is 50.6. The van der Waals surface area contributed by atoms with Gasteiger partial charge in [-0.25, -0.2) is 4.39 Å². The van der Waals surface area contributed by atoms with Crippen molar-refractivity contribution in [1.29, 1.82) is 0 Å². The van der Waals surface area contributed by atoms with Crippen LogP contribution in [0.2, 0.25) is 5.02 Å². The molecule has 0 aliphatic rings. The largest absolute Gasteiger partial charge is 0.416 e. The smallest absolute Gasteiger partial charge is 0.260 e. The molecule has 0 saturated carbocycles. The van der Waals surface area contributed by atoms with Crippen LogP contribution in [0.25, 0.3) is 11.1 Å². The van der Waals surface area contributed by atoms with Crippen molar-refractivity contribution in [3.8, 4) is 11.1 Å². The minimum absolute atomic E-state index is 0.0420. The standard InChI is InChI=1S/C12H6ClF4N/c13-9-5-18-6-10(14)11(9)7-1-3-8(4-2-7)12(15,16)17/h1-6H. The van der Waals surface area contributed by atoms with Gasteiger partial charge in [0.25, 0.3) is 0 Å². The van der Waals surface area contributed by atoms with Crippen LogP contribution in [0.15, 0.2) is 36.7 Å². The molecule has 0 atom stereocenters. The van der Waals surface area contributed by atoms with Crippen LogP contribution in [0.3, 0.4) is 0 Å². The van der Waals surface area contributed by atoms with Gasteiger partial charge in [0.05, 0.1) is 16.8 Å². The molecule has 2 rings (SSSR count). The number of alkyl halides is 3. The highest BCUT2D eigenvalue weighted by Gasteiger charge is 2.30. The Hall–Kier alpha value is -1.62. The lowest BCUT2D eigenvalue weighted by Crippen LogP contribution is -2.04. The van der Waals surface area contributed by atoms with E-state index < -0.39 is 17.6 Å². The van der Waals surface area contributed by atoms with Gasteiger partial charge in [-0.3, -0.25) is 4.98 Å². The molecule has 0 N–H and O–H groups in total. The fourth-order valence-electron chi connectivity index (χ4n) is 1.51. The molecule has 0 bridgehead atoms. The molecule has 1 heterocycles. The predicted molar refractivity (Wildman–Crippen MR) is 59.6 cm³/mol. The molecule has 0 aliphatic heterocycles. The molecule has 1 nitrogen and oxygen atoms in total. The first-order valence-electron chi connectivity index (χ1n) is 4.86. The summed E-state index contributed by atoms with van der Waals surface area (Å²) in [5, 5.41) is 0.0507. The number of benzene rings is 1. The van der Waals surface area contributed by atoms with Gasteiger partial charge >= 0.3 is 6.18 Å². The fraction of sp³-hybridized carbons (Fsp3) is 0.0833. The molecular weight excluding hydrogens is 270 g/mol. The van der Waals surface area contributed by atoms with Crippen molar-refractivity contribution >= 4 is 11.6 Å². The van der Waals surface area contributed by atoms with Gasteiger partial charge in [-0.1, -0.05) is 23.7 Å². The van der Waals surface area contributed by atoms with Crippen LogP contribution in [0.1, 0.15) is 5.56 Å². The van der Waals surface area contributed by atoms with Gasteiger partial charge < -0.3 is 0 Å². The number of nitrogens with zero attached hydrogens (tertiary/aromatic N) is 1. The SMILES string of the molecule is Fc1cncc(Cl)c1-c1ccc(C(F)(F)F)cc1. The van der Waals surface area contributed by atoms with Crippen LogP contribution >= 0.6 is 11.6 Å². The lowest BCUT2D eigenvalue weighted by atomic mass is 10.0. The number of halogens is 5. The van der Waals surface area contributed by atoms with Crippen molar-refractivity contribution in [3.63, 3.8) is 0 Å². The van der Waals surface area contributed by atoms with E-state index in [0.29, 0.717) is 0 Å². The molecule has 0 aliphatic carbocycles. The first kappa shape index (κ1) is 12.8. The highest BCUT2D eigenvalue weighted by Crippen LogP contribution is 2.33. The average molecular weight is 276 g/mol. The Morgan fingerprint density at radius 1 is 1.00 bits per heavy atom. The van der Waals surface area contributed by atoms with Crippen LogP contribution in [0.4, 0.5) is 17.6 Å². The number of aromatic nitrogens is 1. The molecule has 1 aromatic carbocycles. The average Bonchev–Trinajstić information content (AvgIpc) is 2.28. The van der Waals surface area contributed by atoms with Crippen molar-refractivity contribution in [2.24, 2.45) is 0 Å². The first-order valence-corrected chi connectivity index (χ1v) is 5.24. The van der Waals surface area contributed by atoms with Crippen molar-refractivity contribution in [3.05, 3.63) is 53.1 Å². The lowest BCUT2D eigenvalue weighted by Gasteiger charge is -2.09. The Morgan fingerprint density at radius 2 is 1.61 bits per heavy atom. The zero-order valence-electron chi connectivity index (χ0n) is 8.80. The molecule has 0 unspecified atom stereocenters. The van der Waals surface area contributed by atoms with Gasteiger partial charge in [0.2, 0.25) is 0 Å². The second-order valence-electron chi connectivity index (χ2n) is 3.55. The summed E-state index contributed by atoms with van der Waals surface area (Å²) in [7, 11) is 0. The summed E-state index contributed by atoms with van der Waals surface area (Å²) in [5.41, 5.74) is -0.481. The molecule has 0 saturated heterocycles. The molecule has 0 spiro atoms. The molecule has 94 valence electrons. The Kier molecular flexibility index (Phi) is 3.26. The van der Waals surface area contributed by atoms with Gasteiger partial charge in [0, 0.05) is 11.8 Å². The van der Waals surface area contributed by atoms with Crippen LogP contribution in [-0.4, -0.2) is 4.98 Å². The second kappa shape index (κ2) is 4.57. The van der Waals surface area contributed by atoms with E-state index >= 15 is 0 Å². The number of hydrogen-bond acceptors (Lipinski definition) is 1. The molecular formula is C12H6ClF4N. The minimum Gasteiger partial charge on any atom is -0.260 e. The maximum absolute atomic E-state index is 13.5. The van der Waals surface area contributed by atoms with E-state index in [0.717, 1.165) is 18.3 Å². The third-order valence-corrected chi connectivity index (χ3v) is 2.64. The third kappa shape index (κ3) is 2.46. The summed E-state index contributed by atoms with van der Waals surface area (Å²) in [6.07, 6.45) is -2.23. The van der Waals surface area contributed by atoms with E-state index in [1.54, 1.807) is 0 Å². The number of pyridine rings is 1. The first-order chi connectivity index (χ1) is 8.39. The van der Waals surface area contributed by atoms with E-state index in [9.17, 15) is 17.6 Å². The molecule has 2 aromatic rings. The molecule has 18 heavy (non-hydrogen) atoms. The Balaban J connectivity index is 2.47. The van der Waals surface area contributed by atoms with Gasteiger partial charge in [-0.2, -0.15) is 13.2 Å². The highest BCUT2D eigenvalue weighted by molar-refractivity contribution is 6.33. The van der Waals surface area contributed by atoms with Gasteiger partial charge in [0.1, 0.15) is 0 Å². The van der Waals surface area contributed by atoms with E-state index in [2.05, 4.69) is 4.98 Å². The third-order valence-electron chi connectivity index (χ3n) is 2.35. The van der Waals surface area contributed by atoms with Crippen molar-refractivity contribution in [2.75, 3.05) is 0 Å². The summed E-state index contributed by atoms with van der Waals surface area (Å²) in [6.45, 7) is 0. The Labute approximate surface area is 105 Å². The van der Waals surface area contributed by atoms with Crippen LogP contribution in [-0.2, 0) is 6.18 Å². The van der Waals surface area contributed by atoms with E-state index in [-0.39, 0.29) is 16.1 Å². The molecule has 6 heteroatoms. The number of hydrogen-bond donors (Lipinski definition) is 0. The molecule has 1 aromatic heterocycles. The monoisotopic (exact) mass is 275 g/mol. The lowest BCUT2D eigenvalue weighted by molar-refractivity contribution is -0.137. The molecule has 0 amide bonds. The van der Waals surface area contributed by atoms with E-state index in [4.69, 9.17) is 11.6 Å². The van der Waals surface area contributed by atoms with Crippen LogP contribution in [0.5, 0.6) is 0 Å². The molecule has 0 fully saturated rings. The second-order valence-corrected chi connectivity index (χ2v) is 3.96. The summed E-state index contributed by atoms with van der Waals surface area (Å²) in [5.74, 6) is -0.678. The van der Waals surface area contributed by atoms with Crippen LogP contribution in [0, 0.1) is 5.82 Å². The number of rotatable bonds is 1. The van der Waals surface area contributed by atoms with Crippen molar-refractivity contribution < 1.29 is 17.6 Å². The van der Waals surface area contributed by atoms with Gasteiger partial charge in [-0.05, 0) is 17.7 Å². The highest BCUT2D eigenvalue weighted by atomic mass is 35.5. The zero-order valence-corrected chi connectivity index (χ0v) is 9.56.